The van der Waals surface area contributed by atoms with Crippen molar-refractivity contribution in [3.8, 4) is 0 Å². The number of amides is 1. The van der Waals surface area contributed by atoms with Crippen LogP contribution in [0.4, 0.5) is 0 Å². The van der Waals surface area contributed by atoms with Gasteiger partial charge in [-0.15, -0.1) is 0 Å². The van der Waals surface area contributed by atoms with Gasteiger partial charge in [-0.25, -0.2) is 0 Å². The molecule has 490 valence electrons. The fourth-order valence-corrected chi connectivity index (χ4v) is 11.9. The molecule has 0 bridgehead atoms. The Kier molecular flexibility index (Phi) is 70.9. The molecule has 3 N–H and O–H groups in total. The van der Waals surface area contributed by atoms with Crippen molar-refractivity contribution in [2.24, 2.45) is 0 Å². The summed E-state index contributed by atoms with van der Waals surface area (Å²) in [6, 6.07) is -0.625. The Bertz CT molecular complexity index is 1340. The van der Waals surface area contributed by atoms with Gasteiger partial charge in [0.25, 0.3) is 0 Å². The van der Waals surface area contributed by atoms with Crippen molar-refractivity contribution in [2.75, 3.05) is 13.2 Å². The largest absolute Gasteiger partial charge is 0.466 e. The normalized spacial score (nSPS) is 12.7. The van der Waals surface area contributed by atoms with Gasteiger partial charge in [0.05, 0.1) is 25.4 Å². The highest BCUT2D eigenvalue weighted by Gasteiger charge is 2.18. The summed E-state index contributed by atoms with van der Waals surface area (Å²) in [6.45, 7) is 4.91. The Morgan fingerprint density at radius 2 is 0.602 bits per heavy atom. The number of ether oxygens (including phenoxy) is 1. The molecule has 0 aliphatic heterocycles. The average molecular weight is 1170 g/mol. The predicted octanol–water partition coefficient (Wildman–Crippen LogP) is 24.7. The van der Waals surface area contributed by atoms with E-state index in [0.717, 1.165) is 51.4 Å². The third-order valence-electron chi connectivity index (χ3n) is 17.7. The lowest BCUT2D eigenvalue weighted by Gasteiger charge is -2.20. The van der Waals surface area contributed by atoms with Crippen molar-refractivity contribution in [2.45, 2.75) is 431 Å². The van der Waals surface area contributed by atoms with Gasteiger partial charge in [0, 0.05) is 12.8 Å². The molecule has 6 heteroatoms. The first-order valence-electron chi connectivity index (χ1n) is 37.8. The zero-order chi connectivity index (χ0) is 59.9. The molecule has 0 spiro atoms. The molecule has 0 saturated heterocycles. The summed E-state index contributed by atoms with van der Waals surface area (Å²) in [5.41, 5.74) is 0. The molecule has 0 fully saturated rings. The van der Waals surface area contributed by atoms with Crippen molar-refractivity contribution in [3.05, 3.63) is 36.5 Å². The maximum atomic E-state index is 12.5. The second-order valence-electron chi connectivity index (χ2n) is 26.0. The molecule has 0 aliphatic rings. The number of aliphatic hydroxyl groups is 2. The molecule has 0 aromatic carbocycles. The number of esters is 1. The summed E-state index contributed by atoms with van der Waals surface area (Å²) in [7, 11) is 0. The molecular weight excluding hydrogens is 1020 g/mol. The standard InChI is InChI=1S/C77H147NO5/c1-3-5-7-9-11-13-15-17-19-20-35-38-42-45-49-53-57-61-65-69-75(80)74(73-79)78-76(81)70-66-62-58-54-50-46-43-39-36-33-31-29-27-25-23-21-22-24-26-28-30-32-34-37-40-44-48-52-56-60-64-68-72-83-77(82)71-67-63-59-55-51-47-41-18-16-14-12-10-8-6-4-2/h12,14,18,41,65,69,74-75,79-80H,3-11,13,15-17,19-40,42-64,66-68,70-73H2,1-2H3,(H,78,81)/b14-12-,41-18-,69-65+. The van der Waals surface area contributed by atoms with E-state index in [-0.39, 0.29) is 18.5 Å². The molecule has 0 aliphatic carbocycles. The highest BCUT2D eigenvalue weighted by Crippen LogP contribution is 2.19. The third kappa shape index (κ3) is 69.1. The summed E-state index contributed by atoms with van der Waals surface area (Å²) < 4.78 is 5.49. The predicted molar refractivity (Wildman–Crippen MR) is 366 cm³/mol. The van der Waals surface area contributed by atoms with Crippen LogP contribution in [0.3, 0.4) is 0 Å². The third-order valence-corrected chi connectivity index (χ3v) is 17.7. The van der Waals surface area contributed by atoms with Gasteiger partial charge < -0.3 is 20.3 Å². The Labute approximate surface area is 519 Å². The summed E-state index contributed by atoms with van der Waals surface area (Å²) in [6.07, 6.45) is 93.9. The highest BCUT2D eigenvalue weighted by atomic mass is 16.5. The topological polar surface area (TPSA) is 95.9 Å². The second kappa shape index (κ2) is 72.6. The van der Waals surface area contributed by atoms with Gasteiger partial charge in [-0.2, -0.15) is 0 Å². The van der Waals surface area contributed by atoms with Crippen LogP contribution in [0, 0.1) is 0 Å². The molecule has 0 radical (unpaired) electrons. The van der Waals surface area contributed by atoms with Crippen LogP contribution in [0.25, 0.3) is 0 Å². The molecule has 2 atom stereocenters. The van der Waals surface area contributed by atoms with Gasteiger partial charge in [0.2, 0.25) is 5.91 Å². The summed E-state index contributed by atoms with van der Waals surface area (Å²) >= 11 is 0. The Hall–Kier alpha value is -1.92. The van der Waals surface area contributed by atoms with Gasteiger partial charge in [-0.3, -0.25) is 9.59 Å². The van der Waals surface area contributed by atoms with E-state index in [2.05, 4.69) is 43.5 Å². The molecule has 0 aromatic rings. The van der Waals surface area contributed by atoms with E-state index in [1.807, 2.05) is 6.08 Å². The molecule has 0 rings (SSSR count). The Morgan fingerprint density at radius 3 is 0.940 bits per heavy atom. The lowest BCUT2D eigenvalue weighted by atomic mass is 10.0. The van der Waals surface area contributed by atoms with Crippen LogP contribution in [0.1, 0.15) is 418 Å². The highest BCUT2D eigenvalue weighted by molar-refractivity contribution is 5.76. The zero-order valence-corrected chi connectivity index (χ0v) is 56.2. The first-order valence-corrected chi connectivity index (χ1v) is 37.8. The van der Waals surface area contributed by atoms with E-state index in [4.69, 9.17) is 4.74 Å². The number of carbonyl (C=O) groups excluding carboxylic acids is 2. The number of carbonyl (C=O) groups is 2. The van der Waals surface area contributed by atoms with Crippen molar-refractivity contribution in [1.82, 2.24) is 5.32 Å². The average Bonchev–Trinajstić information content (AvgIpc) is 3.49. The zero-order valence-electron chi connectivity index (χ0n) is 56.2. The number of unbranched alkanes of at least 4 members (excludes halogenated alkanes) is 56. The Morgan fingerprint density at radius 1 is 0.337 bits per heavy atom. The number of rotatable bonds is 71. The van der Waals surface area contributed by atoms with E-state index >= 15 is 0 Å². The number of allylic oxidation sites excluding steroid dienone is 5. The van der Waals surface area contributed by atoms with Gasteiger partial charge in [0.15, 0.2) is 0 Å². The van der Waals surface area contributed by atoms with Crippen LogP contribution in [0.2, 0.25) is 0 Å². The van der Waals surface area contributed by atoms with Crippen molar-refractivity contribution >= 4 is 11.9 Å². The number of hydrogen-bond donors (Lipinski definition) is 3. The summed E-state index contributed by atoms with van der Waals surface area (Å²) in [5.74, 6) is -0.0523. The molecule has 0 saturated carbocycles. The minimum absolute atomic E-state index is 0.00739. The molecule has 1 amide bonds. The van der Waals surface area contributed by atoms with Crippen LogP contribution in [-0.2, 0) is 14.3 Å². The summed E-state index contributed by atoms with van der Waals surface area (Å²) in [5, 5.41) is 23.3. The van der Waals surface area contributed by atoms with Gasteiger partial charge in [-0.1, -0.05) is 378 Å². The van der Waals surface area contributed by atoms with Gasteiger partial charge >= 0.3 is 5.97 Å². The molecule has 0 aromatic heterocycles. The number of nitrogens with one attached hydrogen (secondary N) is 1. The van der Waals surface area contributed by atoms with Crippen molar-refractivity contribution in [1.29, 1.82) is 0 Å². The van der Waals surface area contributed by atoms with Crippen LogP contribution < -0.4 is 5.32 Å². The van der Waals surface area contributed by atoms with E-state index in [1.54, 1.807) is 6.08 Å². The number of hydrogen-bond acceptors (Lipinski definition) is 5. The fourth-order valence-electron chi connectivity index (χ4n) is 11.9. The van der Waals surface area contributed by atoms with Crippen LogP contribution in [0.5, 0.6) is 0 Å². The van der Waals surface area contributed by atoms with Crippen LogP contribution in [-0.4, -0.2) is 47.4 Å². The molecule has 0 heterocycles. The molecule has 6 nitrogen and oxygen atoms in total. The lowest BCUT2D eigenvalue weighted by Crippen LogP contribution is -2.45. The van der Waals surface area contributed by atoms with Gasteiger partial charge in [-0.05, 0) is 64.2 Å². The number of aliphatic hydroxyl groups excluding tert-OH is 2. The Balaban J connectivity index is 3.35. The SMILES string of the molecule is CCCCC/C=C\C/C=C\CCCCCCCC(=O)OCCCCCCCCCCCCCCCCCCCCCCCCCCCCCCCCCCC(=O)NC(CO)C(O)/C=C/CCCCCCCCCCCCCCCCCCC. The van der Waals surface area contributed by atoms with E-state index in [9.17, 15) is 19.8 Å². The van der Waals surface area contributed by atoms with Crippen LogP contribution in [0.15, 0.2) is 36.5 Å². The van der Waals surface area contributed by atoms with E-state index in [0.29, 0.717) is 19.4 Å². The van der Waals surface area contributed by atoms with E-state index < -0.39 is 12.1 Å². The molecule has 83 heavy (non-hydrogen) atoms. The maximum absolute atomic E-state index is 12.5. The molecular formula is C77H147NO5. The second-order valence-corrected chi connectivity index (χ2v) is 26.0. The first kappa shape index (κ1) is 81.1. The first-order chi connectivity index (χ1) is 41.0. The quantitative estimate of drug-likeness (QED) is 0.0320. The lowest BCUT2D eigenvalue weighted by molar-refractivity contribution is -0.143. The van der Waals surface area contributed by atoms with Crippen molar-refractivity contribution in [3.63, 3.8) is 0 Å². The summed E-state index contributed by atoms with van der Waals surface area (Å²) in [4.78, 5) is 24.6. The van der Waals surface area contributed by atoms with Crippen LogP contribution >= 0.6 is 0 Å². The smallest absolute Gasteiger partial charge is 0.305 e. The minimum atomic E-state index is -0.842. The minimum Gasteiger partial charge on any atom is -0.466 e. The van der Waals surface area contributed by atoms with Crippen molar-refractivity contribution < 1.29 is 24.5 Å². The monoisotopic (exact) mass is 1170 g/mol. The fraction of sp³-hybridized carbons (Fsp3) is 0.896. The maximum Gasteiger partial charge on any atom is 0.305 e. The van der Waals surface area contributed by atoms with E-state index in [1.165, 1.54) is 340 Å². The van der Waals surface area contributed by atoms with Gasteiger partial charge in [0.1, 0.15) is 0 Å². The molecule has 2 unspecified atom stereocenters.